The summed E-state index contributed by atoms with van der Waals surface area (Å²) in [7, 11) is 0. The summed E-state index contributed by atoms with van der Waals surface area (Å²) in [6, 6.07) is 12.0. The van der Waals surface area contributed by atoms with E-state index in [2.05, 4.69) is 0 Å². The van der Waals surface area contributed by atoms with Crippen molar-refractivity contribution in [1.29, 1.82) is 0 Å². The topological polar surface area (TPSA) is 46.5 Å². The lowest BCUT2D eigenvalue weighted by atomic mass is 10.0. The van der Waals surface area contributed by atoms with Crippen LogP contribution in [-0.2, 0) is 11.2 Å². The summed E-state index contributed by atoms with van der Waals surface area (Å²) in [6.07, 6.45) is 0.723. The third-order valence-electron chi connectivity index (χ3n) is 2.81. The first-order valence-corrected chi connectivity index (χ1v) is 6.06. The highest BCUT2D eigenvalue weighted by Crippen LogP contribution is 2.22. The van der Waals surface area contributed by atoms with Crippen LogP contribution in [0.1, 0.15) is 18.9 Å². The van der Waals surface area contributed by atoms with Crippen molar-refractivity contribution in [2.45, 2.75) is 19.8 Å². The zero-order valence-corrected chi connectivity index (χ0v) is 10.3. The quantitative estimate of drug-likeness (QED) is 0.878. The van der Waals surface area contributed by atoms with Crippen LogP contribution in [0.5, 0.6) is 5.75 Å². The minimum Gasteiger partial charge on any atom is -0.494 e. The minimum atomic E-state index is -0.766. The molecule has 3 heteroatoms. The molecule has 0 amide bonds. The molecule has 0 saturated heterocycles. The van der Waals surface area contributed by atoms with E-state index in [0.717, 1.165) is 22.1 Å². The summed E-state index contributed by atoms with van der Waals surface area (Å²) < 4.78 is 5.46. The van der Waals surface area contributed by atoms with Crippen molar-refractivity contribution >= 4 is 16.7 Å². The summed E-state index contributed by atoms with van der Waals surface area (Å²) in [4.78, 5) is 10.6. The molecule has 2 rings (SSSR count). The van der Waals surface area contributed by atoms with Gasteiger partial charge in [-0.3, -0.25) is 4.79 Å². The van der Waals surface area contributed by atoms with E-state index in [1.165, 1.54) is 0 Å². The molecular weight excluding hydrogens is 228 g/mol. The van der Waals surface area contributed by atoms with Gasteiger partial charge in [-0.2, -0.15) is 0 Å². The minimum absolute atomic E-state index is 0.163. The van der Waals surface area contributed by atoms with Crippen LogP contribution < -0.4 is 4.74 Å². The fraction of sp³-hybridized carbons (Fsp3) is 0.267. The van der Waals surface area contributed by atoms with Crippen LogP contribution >= 0.6 is 0 Å². The van der Waals surface area contributed by atoms with Gasteiger partial charge in [0.1, 0.15) is 5.75 Å². The second kappa shape index (κ2) is 5.54. The van der Waals surface area contributed by atoms with Crippen molar-refractivity contribution in [1.82, 2.24) is 0 Å². The summed E-state index contributed by atoms with van der Waals surface area (Å²) in [5.41, 5.74) is 1.04. The molecular formula is C15H16O3. The summed E-state index contributed by atoms with van der Waals surface area (Å²) >= 11 is 0. The van der Waals surface area contributed by atoms with Crippen LogP contribution in [0.25, 0.3) is 10.8 Å². The number of carboxylic acid groups (broad SMARTS) is 1. The van der Waals surface area contributed by atoms with E-state index >= 15 is 0 Å². The highest BCUT2D eigenvalue weighted by atomic mass is 16.5. The van der Waals surface area contributed by atoms with Crippen molar-refractivity contribution in [3.05, 3.63) is 42.0 Å². The maximum absolute atomic E-state index is 10.6. The number of benzene rings is 2. The van der Waals surface area contributed by atoms with Gasteiger partial charge in [0.05, 0.1) is 6.61 Å². The van der Waals surface area contributed by atoms with Gasteiger partial charge in [0.15, 0.2) is 0 Å². The van der Waals surface area contributed by atoms with Crippen molar-refractivity contribution in [3.8, 4) is 5.75 Å². The van der Waals surface area contributed by atoms with Crippen molar-refractivity contribution in [2.24, 2.45) is 0 Å². The monoisotopic (exact) mass is 244 g/mol. The Labute approximate surface area is 106 Å². The molecule has 2 aromatic rings. The zero-order chi connectivity index (χ0) is 13.0. The summed E-state index contributed by atoms with van der Waals surface area (Å²) in [5.74, 6) is 0.0820. The average Bonchev–Trinajstić information content (AvgIpc) is 2.36. The van der Waals surface area contributed by atoms with E-state index < -0.39 is 5.97 Å². The Kier molecular flexibility index (Phi) is 3.82. The molecule has 0 spiro atoms. The Morgan fingerprint density at radius 1 is 1.17 bits per heavy atom. The van der Waals surface area contributed by atoms with Crippen LogP contribution in [-0.4, -0.2) is 17.7 Å². The molecule has 0 unspecified atom stereocenters. The van der Waals surface area contributed by atoms with E-state index in [9.17, 15) is 4.79 Å². The van der Waals surface area contributed by atoms with E-state index in [1.54, 1.807) is 0 Å². The third-order valence-corrected chi connectivity index (χ3v) is 2.81. The molecule has 0 fully saturated rings. The molecule has 3 nitrogen and oxygen atoms in total. The van der Waals surface area contributed by atoms with Crippen LogP contribution in [0.4, 0.5) is 0 Å². The molecule has 0 aromatic heterocycles. The molecule has 0 aliphatic heterocycles. The predicted molar refractivity (Wildman–Crippen MR) is 71.1 cm³/mol. The number of hydrogen-bond donors (Lipinski definition) is 1. The lowest BCUT2D eigenvalue weighted by Gasteiger charge is -2.06. The summed E-state index contributed by atoms with van der Waals surface area (Å²) in [5, 5.41) is 10.9. The molecule has 0 heterocycles. The zero-order valence-electron chi connectivity index (χ0n) is 10.3. The Bertz CT molecular complexity index is 561. The van der Waals surface area contributed by atoms with Gasteiger partial charge in [-0.05, 0) is 41.8 Å². The molecule has 0 aliphatic rings. The van der Waals surface area contributed by atoms with Gasteiger partial charge in [0, 0.05) is 6.42 Å². The number of carbonyl (C=O) groups is 1. The van der Waals surface area contributed by atoms with Crippen LogP contribution in [0, 0.1) is 0 Å². The van der Waals surface area contributed by atoms with Crippen molar-refractivity contribution in [2.75, 3.05) is 6.61 Å². The fourth-order valence-corrected chi connectivity index (χ4v) is 1.94. The first-order valence-electron chi connectivity index (χ1n) is 6.06. The number of aryl methyl sites for hydroxylation is 1. The number of hydrogen-bond acceptors (Lipinski definition) is 2. The molecule has 0 saturated carbocycles. The Morgan fingerprint density at radius 2 is 1.94 bits per heavy atom. The normalized spacial score (nSPS) is 10.5. The Balaban J connectivity index is 2.27. The van der Waals surface area contributed by atoms with Gasteiger partial charge in [-0.15, -0.1) is 0 Å². The van der Waals surface area contributed by atoms with Crippen LogP contribution in [0.2, 0.25) is 0 Å². The van der Waals surface area contributed by atoms with Gasteiger partial charge < -0.3 is 9.84 Å². The van der Waals surface area contributed by atoms with Gasteiger partial charge in [0.25, 0.3) is 0 Å². The first kappa shape index (κ1) is 12.4. The number of fused-ring (bicyclic) bond motifs is 1. The fourth-order valence-electron chi connectivity index (χ4n) is 1.94. The van der Waals surface area contributed by atoms with Crippen molar-refractivity contribution in [3.63, 3.8) is 0 Å². The number of aliphatic carboxylic acids is 1. The van der Waals surface area contributed by atoms with Gasteiger partial charge in [-0.1, -0.05) is 24.3 Å². The Morgan fingerprint density at radius 3 is 2.67 bits per heavy atom. The summed E-state index contributed by atoms with van der Waals surface area (Å²) in [6.45, 7) is 2.59. The maximum Gasteiger partial charge on any atom is 0.303 e. The second-order valence-corrected chi connectivity index (χ2v) is 4.17. The van der Waals surface area contributed by atoms with Gasteiger partial charge in [0.2, 0.25) is 0 Å². The molecule has 0 aliphatic carbocycles. The SMILES string of the molecule is CCOc1ccc2ccc(CCC(=O)O)cc2c1. The van der Waals surface area contributed by atoms with E-state index in [1.807, 2.05) is 43.3 Å². The first-order chi connectivity index (χ1) is 8.69. The van der Waals surface area contributed by atoms with Crippen LogP contribution in [0.3, 0.4) is 0 Å². The third kappa shape index (κ3) is 3.00. The highest BCUT2D eigenvalue weighted by molar-refractivity contribution is 5.84. The smallest absolute Gasteiger partial charge is 0.303 e. The Hall–Kier alpha value is -2.03. The maximum atomic E-state index is 10.6. The van der Waals surface area contributed by atoms with Crippen molar-refractivity contribution < 1.29 is 14.6 Å². The molecule has 94 valence electrons. The molecule has 0 bridgehead atoms. The molecule has 2 aromatic carbocycles. The number of rotatable bonds is 5. The standard InChI is InChI=1S/C15H16O3/c1-2-18-14-7-6-12-5-3-11(4-8-15(16)17)9-13(12)10-14/h3,5-7,9-10H,2,4,8H2,1H3,(H,16,17). The van der Waals surface area contributed by atoms with Gasteiger partial charge in [-0.25, -0.2) is 0 Å². The average molecular weight is 244 g/mol. The van der Waals surface area contributed by atoms with E-state index in [0.29, 0.717) is 13.0 Å². The van der Waals surface area contributed by atoms with Gasteiger partial charge >= 0.3 is 5.97 Å². The molecule has 1 N–H and O–H groups in total. The van der Waals surface area contributed by atoms with E-state index in [4.69, 9.17) is 9.84 Å². The number of ether oxygens (including phenoxy) is 1. The van der Waals surface area contributed by atoms with Crippen LogP contribution in [0.15, 0.2) is 36.4 Å². The highest BCUT2D eigenvalue weighted by Gasteiger charge is 2.02. The molecule has 0 atom stereocenters. The largest absolute Gasteiger partial charge is 0.494 e. The van der Waals surface area contributed by atoms with E-state index in [-0.39, 0.29) is 6.42 Å². The number of carboxylic acids is 1. The molecule has 0 radical (unpaired) electrons. The second-order valence-electron chi connectivity index (χ2n) is 4.17. The molecule has 18 heavy (non-hydrogen) atoms. The lowest BCUT2D eigenvalue weighted by Crippen LogP contribution is -1.97. The predicted octanol–water partition coefficient (Wildman–Crippen LogP) is 3.26. The lowest BCUT2D eigenvalue weighted by molar-refractivity contribution is -0.136.